The van der Waals surface area contributed by atoms with E-state index in [1.165, 1.54) is 0 Å². The highest BCUT2D eigenvalue weighted by atomic mass is 16.7. The molecule has 0 radical (unpaired) electrons. The van der Waals surface area contributed by atoms with Crippen LogP contribution in [0.1, 0.15) is 22.7 Å². The first-order chi connectivity index (χ1) is 16.7. The number of pyridine rings is 1. The predicted molar refractivity (Wildman–Crippen MR) is 119 cm³/mol. The van der Waals surface area contributed by atoms with E-state index in [-0.39, 0.29) is 12.7 Å². The fourth-order valence-corrected chi connectivity index (χ4v) is 5.39. The number of anilines is 1. The second kappa shape index (κ2) is 6.77. The lowest BCUT2D eigenvalue weighted by Crippen LogP contribution is -2.48. The van der Waals surface area contributed by atoms with Crippen LogP contribution in [0.15, 0.2) is 54.7 Å². The van der Waals surface area contributed by atoms with Gasteiger partial charge in [-0.2, -0.15) is 0 Å². The Balaban J connectivity index is 1.51. The zero-order valence-corrected chi connectivity index (χ0v) is 18.1. The molecule has 2 unspecified atom stereocenters. The summed E-state index contributed by atoms with van der Waals surface area (Å²) in [6.07, 6.45) is 2.22. The van der Waals surface area contributed by atoms with Gasteiger partial charge in [-0.3, -0.25) is 4.79 Å². The Morgan fingerprint density at radius 1 is 1.15 bits per heavy atom. The molecule has 1 amide bonds. The molecule has 7 rings (SSSR count). The second-order valence-electron chi connectivity index (χ2n) is 8.43. The van der Waals surface area contributed by atoms with Crippen LogP contribution in [0.4, 0.5) is 5.69 Å². The number of methoxy groups -OCH3 is 1. The summed E-state index contributed by atoms with van der Waals surface area (Å²) in [6.45, 7) is 0.125. The van der Waals surface area contributed by atoms with E-state index in [0.717, 1.165) is 27.9 Å². The van der Waals surface area contributed by atoms with Gasteiger partial charge in [-0.1, -0.05) is 24.3 Å². The summed E-state index contributed by atoms with van der Waals surface area (Å²) in [7, 11) is 1.58. The van der Waals surface area contributed by atoms with Gasteiger partial charge in [0.15, 0.2) is 17.3 Å². The predicted octanol–water partition coefficient (Wildman–Crippen LogP) is 2.51. The van der Waals surface area contributed by atoms with Gasteiger partial charge < -0.3 is 19.5 Å². The second-order valence-corrected chi connectivity index (χ2v) is 8.43. The minimum Gasteiger partial charge on any atom is -0.481 e. The molecule has 1 spiro atoms. The van der Waals surface area contributed by atoms with Crippen LogP contribution < -0.4 is 19.5 Å². The van der Waals surface area contributed by atoms with Gasteiger partial charge in [0.2, 0.25) is 18.6 Å². The number of rotatable bonds is 3. The number of amides is 1. The van der Waals surface area contributed by atoms with Crippen molar-refractivity contribution in [1.29, 1.82) is 0 Å². The van der Waals surface area contributed by atoms with E-state index < -0.39 is 11.5 Å². The van der Waals surface area contributed by atoms with Crippen molar-refractivity contribution in [3.8, 4) is 28.8 Å². The minimum absolute atomic E-state index is 0.125. The molecule has 0 saturated carbocycles. The lowest BCUT2D eigenvalue weighted by atomic mass is 9.65. The lowest BCUT2D eigenvalue weighted by molar-refractivity contribution is -0.121. The van der Waals surface area contributed by atoms with Gasteiger partial charge in [-0.25, -0.2) is 9.67 Å². The third-order valence-corrected chi connectivity index (χ3v) is 6.86. The molecular weight excluding hydrogens is 436 g/mol. The molecule has 2 aromatic carbocycles. The van der Waals surface area contributed by atoms with E-state index in [4.69, 9.17) is 14.2 Å². The molecule has 0 fully saturated rings. The molecule has 0 saturated heterocycles. The van der Waals surface area contributed by atoms with Crippen molar-refractivity contribution in [2.24, 2.45) is 0 Å². The zero-order valence-electron chi connectivity index (χ0n) is 18.1. The van der Waals surface area contributed by atoms with Crippen molar-refractivity contribution < 1.29 is 19.0 Å². The Morgan fingerprint density at radius 2 is 2.00 bits per heavy atom. The zero-order chi connectivity index (χ0) is 22.9. The molecular formula is C24H18N6O4. The van der Waals surface area contributed by atoms with Crippen molar-refractivity contribution >= 4 is 11.6 Å². The van der Waals surface area contributed by atoms with Crippen molar-refractivity contribution in [2.75, 3.05) is 19.2 Å². The van der Waals surface area contributed by atoms with Crippen LogP contribution in [0.2, 0.25) is 0 Å². The molecule has 2 atom stereocenters. The van der Waals surface area contributed by atoms with Gasteiger partial charge in [0.25, 0.3) is 0 Å². The van der Waals surface area contributed by atoms with Crippen LogP contribution in [0.5, 0.6) is 17.4 Å². The first-order valence-corrected chi connectivity index (χ1v) is 10.8. The number of fused-ring (bicyclic) bond motifs is 7. The summed E-state index contributed by atoms with van der Waals surface area (Å²) >= 11 is 0. The van der Waals surface area contributed by atoms with E-state index in [2.05, 4.69) is 25.8 Å². The average molecular weight is 454 g/mol. The van der Waals surface area contributed by atoms with Crippen LogP contribution in [-0.2, 0) is 16.6 Å². The number of tetrazole rings is 1. The maximum atomic E-state index is 14.0. The molecule has 168 valence electrons. The molecule has 10 heteroatoms. The van der Waals surface area contributed by atoms with Crippen molar-refractivity contribution in [3.63, 3.8) is 0 Å². The van der Waals surface area contributed by atoms with Gasteiger partial charge in [-0.05, 0) is 51.7 Å². The number of ether oxygens (including phenoxy) is 3. The van der Waals surface area contributed by atoms with Gasteiger partial charge in [0.05, 0.1) is 13.2 Å². The Morgan fingerprint density at radius 3 is 2.82 bits per heavy atom. The summed E-state index contributed by atoms with van der Waals surface area (Å²) in [5.41, 5.74) is 3.00. The van der Waals surface area contributed by atoms with E-state index >= 15 is 0 Å². The van der Waals surface area contributed by atoms with Gasteiger partial charge in [-0.15, -0.1) is 5.10 Å². The van der Waals surface area contributed by atoms with Gasteiger partial charge in [0.1, 0.15) is 5.41 Å². The van der Waals surface area contributed by atoms with Crippen LogP contribution in [0, 0.1) is 0 Å². The summed E-state index contributed by atoms with van der Waals surface area (Å²) in [5, 5.41) is 15.7. The summed E-state index contributed by atoms with van der Waals surface area (Å²) in [5.74, 6) is 2.16. The monoisotopic (exact) mass is 454 g/mol. The highest BCUT2D eigenvalue weighted by Crippen LogP contribution is 2.57. The smallest absolute Gasteiger partial charge is 0.241 e. The minimum atomic E-state index is -1.09. The van der Waals surface area contributed by atoms with Gasteiger partial charge >= 0.3 is 0 Å². The van der Waals surface area contributed by atoms with E-state index in [1.807, 2.05) is 42.5 Å². The number of nitrogens with zero attached hydrogens (tertiary/aromatic N) is 5. The quantitative estimate of drug-likeness (QED) is 0.502. The van der Waals surface area contributed by atoms with Crippen LogP contribution in [-0.4, -0.2) is 45.0 Å². The first kappa shape index (κ1) is 19.0. The van der Waals surface area contributed by atoms with Crippen LogP contribution in [0.3, 0.4) is 0 Å². The largest absolute Gasteiger partial charge is 0.481 e. The molecule has 2 aromatic heterocycles. The fourth-order valence-electron chi connectivity index (χ4n) is 5.39. The van der Waals surface area contributed by atoms with E-state index in [9.17, 15) is 4.79 Å². The maximum absolute atomic E-state index is 14.0. The SMILES string of the molecule is COc1ccc(CC2n3nnnc3-c3cc4c(cc3C23C(=O)Nc2ccccc23)OCO4)cn1. The lowest BCUT2D eigenvalue weighted by Gasteiger charge is -2.41. The Bertz CT molecular complexity index is 1470. The molecule has 10 nitrogen and oxygen atoms in total. The Hall–Kier alpha value is -4.47. The standard InChI is InChI=1S/C24H18N6O4/c1-32-21-7-6-13(11-25-21)8-20-24(15-4-2-3-5-17(15)26-23(24)31)16-10-19-18(33-12-34-19)9-14(16)22-27-28-29-30(20)22/h2-7,9-11,20H,8,12H2,1H3,(H,26,31). The topological polar surface area (TPSA) is 113 Å². The Labute approximate surface area is 193 Å². The molecule has 1 N–H and O–H groups in total. The summed E-state index contributed by atoms with van der Waals surface area (Å²) < 4.78 is 18.3. The van der Waals surface area contributed by atoms with Crippen molar-refractivity contribution in [1.82, 2.24) is 25.2 Å². The van der Waals surface area contributed by atoms with E-state index in [0.29, 0.717) is 29.6 Å². The number of aromatic nitrogens is 5. The maximum Gasteiger partial charge on any atom is 0.241 e. The fraction of sp³-hybridized carbons (Fsp3) is 0.208. The number of para-hydroxylation sites is 1. The summed E-state index contributed by atoms with van der Waals surface area (Å²) in [4.78, 5) is 18.4. The molecule has 3 aliphatic heterocycles. The van der Waals surface area contributed by atoms with Crippen LogP contribution in [0.25, 0.3) is 11.4 Å². The molecule has 5 heterocycles. The average Bonchev–Trinajstić information content (AvgIpc) is 3.59. The highest BCUT2D eigenvalue weighted by Gasteiger charge is 2.59. The molecule has 0 bridgehead atoms. The number of nitrogens with one attached hydrogen (secondary N) is 1. The summed E-state index contributed by atoms with van der Waals surface area (Å²) in [6, 6.07) is 14.8. The normalized spacial score (nSPS) is 21.1. The number of hydrogen-bond donors (Lipinski definition) is 1. The third kappa shape index (κ3) is 2.36. The van der Waals surface area contributed by atoms with Crippen molar-refractivity contribution in [2.45, 2.75) is 17.9 Å². The third-order valence-electron chi connectivity index (χ3n) is 6.86. The first-order valence-electron chi connectivity index (χ1n) is 10.8. The number of hydrogen-bond acceptors (Lipinski definition) is 8. The van der Waals surface area contributed by atoms with Crippen molar-refractivity contribution in [3.05, 3.63) is 71.4 Å². The molecule has 3 aliphatic rings. The molecule has 4 aromatic rings. The molecule has 34 heavy (non-hydrogen) atoms. The number of carbonyl (C=O) groups is 1. The van der Waals surface area contributed by atoms with E-state index in [1.54, 1.807) is 24.1 Å². The molecule has 0 aliphatic carbocycles. The van der Waals surface area contributed by atoms with Gasteiger partial charge in [0, 0.05) is 23.5 Å². The number of benzene rings is 2. The highest BCUT2D eigenvalue weighted by molar-refractivity contribution is 6.10. The van der Waals surface area contributed by atoms with Crippen LogP contribution >= 0.6 is 0 Å². The Kier molecular flexibility index (Phi) is 3.79. The number of carbonyl (C=O) groups excluding carboxylic acids is 1.